The number of aryl methyl sites for hydroxylation is 1. The highest BCUT2D eigenvalue weighted by Gasteiger charge is 2.39. The lowest BCUT2D eigenvalue weighted by Crippen LogP contribution is -2.43. The monoisotopic (exact) mass is 661 g/mol. The van der Waals surface area contributed by atoms with Crippen molar-refractivity contribution >= 4 is 17.6 Å². The van der Waals surface area contributed by atoms with E-state index in [1.165, 1.54) is 33.0 Å². The van der Waals surface area contributed by atoms with Crippen molar-refractivity contribution in [3.63, 3.8) is 0 Å². The first-order valence-corrected chi connectivity index (χ1v) is 13.7. The maximum atomic E-state index is 14.8. The normalized spacial score (nSPS) is 14.5. The van der Waals surface area contributed by atoms with Gasteiger partial charge in [0.15, 0.2) is 0 Å². The zero-order chi connectivity index (χ0) is 34.3. The summed E-state index contributed by atoms with van der Waals surface area (Å²) in [6, 6.07) is 0.311. The van der Waals surface area contributed by atoms with Gasteiger partial charge in [-0.2, -0.15) is 26.3 Å². The number of anilines is 1. The number of halogens is 8. The van der Waals surface area contributed by atoms with Crippen LogP contribution in [0.25, 0.3) is 11.1 Å². The standard InChI is InChI=1S/C30H27F8N3O5/c1-4-23(30(36,37)38)39-15-9-20(31)25(21(32)10-15)26(42)40-22(28(44)45)8-14-5-6-16(18-12-46-11-17(14)18)24-19(29(33,34)35)7-13(2)41(3)27(24)43/h5-7,9-10,22-23,39H,4,8,11-12H2,1-3H3,(H,40,42)(H,44,45)/t22-,23+/m0/s1. The molecule has 0 aliphatic carbocycles. The summed E-state index contributed by atoms with van der Waals surface area (Å²) in [4.78, 5) is 37.9. The van der Waals surface area contributed by atoms with Crippen LogP contribution in [0.2, 0.25) is 0 Å². The molecular weight excluding hydrogens is 634 g/mol. The Morgan fingerprint density at radius 3 is 2.17 bits per heavy atom. The molecule has 3 aromatic rings. The molecule has 1 aromatic heterocycles. The molecular formula is C30H27F8N3O5. The number of carboxylic acid groups (broad SMARTS) is 1. The fraction of sp³-hybridized carbons (Fsp3) is 0.367. The fourth-order valence-electron chi connectivity index (χ4n) is 5.21. The molecule has 2 atom stereocenters. The number of carboxylic acids is 1. The Morgan fingerprint density at radius 1 is 1.02 bits per heavy atom. The number of carbonyl (C=O) groups excluding carboxylic acids is 1. The SMILES string of the molecule is CC[C@@H](Nc1cc(F)c(C(=O)N[C@@H](Cc2ccc(-c3c(C(F)(F)F)cc(C)n(C)c3=O)c3c2COC3)C(=O)O)c(F)c1)C(F)(F)F. The summed E-state index contributed by atoms with van der Waals surface area (Å²) in [5, 5.41) is 13.7. The topological polar surface area (TPSA) is 110 Å². The molecule has 1 aliphatic rings. The minimum Gasteiger partial charge on any atom is -0.480 e. The van der Waals surface area contributed by atoms with Gasteiger partial charge in [-0.3, -0.25) is 9.59 Å². The molecule has 248 valence electrons. The number of hydrogen-bond acceptors (Lipinski definition) is 5. The third-order valence-corrected chi connectivity index (χ3v) is 7.71. The van der Waals surface area contributed by atoms with Gasteiger partial charge in [-0.25, -0.2) is 13.6 Å². The second-order valence-corrected chi connectivity index (χ2v) is 10.7. The minimum atomic E-state index is -4.88. The quantitative estimate of drug-likeness (QED) is 0.248. The van der Waals surface area contributed by atoms with Gasteiger partial charge in [0.05, 0.1) is 24.3 Å². The van der Waals surface area contributed by atoms with Crippen LogP contribution in [-0.2, 0) is 42.4 Å². The van der Waals surface area contributed by atoms with Crippen LogP contribution in [0.4, 0.5) is 40.8 Å². The zero-order valence-electron chi connectivity index (χ0n) is 24.4. The second-order valence-electron chi connectivity index (χ2n) is 10.7. The number of nitrogens with one attached hydrogen (secondary N) is 2. The molecule has 0 fully saturated rings. The van der Waals surface area contributed by atoms with Crippen molar-refractivity contribution in [2.75, 3.05) is 5.32 Å². The van der Waals surface area contributed by atoms with Gasteiger partial charge < -0.3 is 25.0 Å². The number of hydrogen-bond donors (Lipinski definition) is 3. The predicted octanol–water partition coefficient (Wildman–Crippen LogP) is 5.87. The number of pyridine rings is 1. The number of amides is 1. The van der Waals surface area contributed by atoms with E-state index in [1.54, 1.807) is 0 Å². The fourth-order valence-corrected chi connectivity index (χ4v) is 5.21. The molecule has 0 bridgehead atoms. The van der Waals surface area contributed by atoms with E-state index in [0.717, 1.165) is 10.6 Å². The molecule has 0 unspecified atom stereocenters. The summed E-state index contributed by atoms with van der Waals surface area (Å²) in [6.45, 7) is 2.17. The van der Waals surface area contributed by atoms with Gasteiger partial charge in [0, 0.05) is 24.8 Å². The molecule has 46 heavy (non-hydrogen) atoms. The summed E-state index contributed by atoms with van der Waals surface area (Å²) in [5.74, 6) is -6.26. The van der Waals surface area contributed by atoms with Crippen LogP contribution >= 0.6 is 0 Å². The molecule has 1 aliphatic heterocycles. The van der Waals surface area contributed by atoms with Crippen LogP contribution in [0, 0.1) is 18.6 Å². The number of fused-ring (bicyclic) bond motifs is 1. The van der Waals surface area contributed by atoms with E-state index in [-0.39, 0.29) is 41.2 Å². The Balaban J connectivity index is 1.66. The van der Waals surface area contributed by atoms with Crippen molar-refractivity contribution in [1.29, 1.82) is 0 Å². The van der Waals surface area contributed by atoms with Crippen molar-refractivity contribution in [2.24, 2.45) is 7.05 Å². The third-order valence-electron chi connectivity index (χ3n) is 7.71. The van der Waals surface area contributed by atoms with Crippen LogP contribution in [0.1, 0.15) is 51.7 Å². The van der Waals surface area contributed by atoms with Crippen molar-refractivity contribution in [3.8, 4) is 11.1 Å². The highest BCUT2D eigenvalue weighted by Crippen LogP contribution is 2.40. The van der Waals surface area contributed by atoms with Gasteiger partial charge >= 0.3 is 18.3 Å². The Morgan fingerprint density at radius 2 is 1.63 bits per heavy atom. The number of aromatic nitrogens is 1. The number of aliphatic carboxylic acids is 1. The van der Waals surface area contributed by atoms with E-state index in [2.05, 4.69) is 0 Å². The van der Waals surface area contributed by atoms with E-state index in [9.17, 15) is 54.6 Å². The molecule has 0 spiro atoms. The molecule has 0 saturated heterocycles. The summed E-state index contributed by atoms with van der Waals surface area (Å²) in [6.07, 6.45) is -10.6. The number of nitrogens with zero attached hydrogens (tertiary/aromatic N) is 1. The summed E-state index contributed by atoms with van der Waals surface area (Å²) < 4.78 is 117. The molecule has 16 heteroatoms. The molecule has 8 nitrogen and oxygen atoms in total. The van der Waals surface area contributed by atoms with E-state index in [1.807, 2.05) is 10.6 Å². The van der Waals surface area contributed by atoms with E-state index >= 15 is 0 Å². The van der Waals surface area contributed by atoms with E-state index in [0.29, 0.717) is 12.1 Å². The zero-order valence-corrected chi connectivity index (χ0v) is 24.4. The number of ether oxygens (including phenoxy) is 1. The number of benzene rings is 2. The Hall–Kier alpha value is -4.47. The van der Waals surface area contributed by atoms with Crippen LogP contribution in [0.5, 0.6) is 0 Å². The highest BCUT2D eigenvalue weighted by molar-refractivity contribution is 5.97. The Bertz CT molecular complexity index is 1730. The Labute approximate surface area is 256 Å². The summed E-state index contributed by atoms with van der Waals surface area (Å²) in [7, 11) is 1.31. The van der Waals surface area contributed by atoms with Gasteiger partial charge in [-0.15, -0.1) is 0 Å². The molecule has 0 radical (unpaired) electrons. The van der Waals surface area contributed by atoms with Crippen LogP contribution in [0.15, 0.2) is 35.1 Å². The van der Waals surface area contributed by atoms with Gasteiger partial charge in [0.25, 0.3) is 11.5 Å². The van der Waals surface area contributed by atoms with E-state index in [4.69, 9.17) is 4.74 Å². The van der Waals surface area contributed by atoms with Gasteiger partial charge in [0.1, 0.15) is 29.3 Å². The molecule has 3 N–H and O–H groups in total. The largest absolute Gasteiger partial charge is 0.480 e. The van der Waals surface area contributed by atoms with Gasteiger partial charge in [0.2, 0.25) is 0 Å². The van der Waals surface area contributed by atoms with Crippen molar-refractivity contribution < 1.29 is 54.6 Å². The first-order chi connectivity index (χ1) is 21.3. The molecule has 2 heterocycles. The first kappa shape index (κ1) is 34.4. The predicted molar refractivity (Wildman–Crippen MR) is 148 cm³/mol. The average molecular weight is 662 g/mol. The van der Waals surface area contributed by atoms with E-state index < -0.39 is 88.7 Å². The summed E-state index contributed by atoms with van der Waals surface area (Å²) in [5.41, 5.74) is -3.88. The van der Waals surface area contributed by atoms with Crippen LogP contribution in [0.3, 0.4) is 0 Å². The number of alkyl halides is 6. The van der Waals surface area contributed by atoms with Gasteiger partial charge in [-0.05, 0) is 53.8 Å². The molecule has 4 rings (SSSR count). The third kappa shape index (κ3) is 6.85. The van der Waals surface area contributed by atoms with Gasteiger partial charge in [-0.1, -0.05) is 19.1 Å². The van der Waals surface area contributed by atoms with Crippen molar-refractivity contribution in [1.82, 2.24) is 9.88 Å². The van der Waals surface area contributed by atoms with Crippen LogP contribution < -0.4 is 16.2 Å². The maximum absolute atomic E-state index is 14.8. The maximum Gasteiger partial charge on any atom is 0.417 e. The lowest BCUT2D eigenvalue weighted by Gasteiger charge is -2.22. The lowest BCUT2D eigenvalue weighted by molar-refractivity contribution is -0.143. The average Bonchev–Trinajstić information content (AvgIpc) is 3.43. The first-order valence-electron chi connectivity index (χ1n) is 13.7. The minimum absolute atomic E-state index is 0.0656. The second kappa shape index (κ2) is 12.7. The summed E-state index contributed by atoms with van der Waals surface area (Å²) >= 11 is 0. The van der Waals surface area contributed by atoms with Crippen molar-refractivity contribution in [3.05, 3.63) is 85.8 Å². The lowest BCUT2D eigenvalue weighted by atomic mass is 9.89. The van der Waals surface area contributed by atoms with Crippen molar-refractivity contribution in [2.45, 2.75) is 64.3 Å². The number of rotatable bonds is 9. The smallest absolute Gasteiger partial charge is 0.417 e. The van der Waals surface area contributed by atoms with Crippen LogP contribution in [-0.4, -0.2) is 39.8 Å². The number of carbonyl (C=O) groups is 2. The molecule has 1 amide bonds. The molecule has 0 saturated carbocycles. The molecule has 2 aromatic carbocycles. The Kier molecular flexibility index (Phi) is 9.52. The highest BCUT2D eigenvalue weighted by atomic mass is 19.4.